The van der Waals surface area contributed by atoms with E-state index in [9.17, 15) is 24.5 Å². The Kier molecular flexibility index (Phi) is 6.31. The number of benzene rings is 2. The number of anilines is 2. The third-order valence-electron chi connectivity index (χ3n) is 4.64. The molecule has 0 bridgehead atoms. The fraction of sp³-hybridized carbons (Fsp3) is 0.250. The Balaban J connectivity index is 1.55. The molecule has 3 rings (SSSR count). The largest absolute Gasteiger partial charge is 0.455 e. The number of esters is 1. The average Bonchev–Trinajstić information content (AvgIpc) is 3.09. The molecule has 10 heteroatoms. The first kappa shape index (κ1) is 21.3. The molecule has 1 heterocycles. The number of aryl methyl sites for hydroxylation is 1. The number of nitrogens with one attached hydrogen (secondary N) is 1. The summed E-state index contributed by atoms with van der Waals surface area (Å²) in [5.74, 6) is -2.31. The van der Waals surface area contributed by atoms with E-state index in [1.807, 2.05) is 0 Å². The summed E-state index contributed by atoms with van der Waals surface area (Å²) >= 11 is 6.11. The van der Waals surface area contributed by atoms with E-state index in [1.54, 1.807) is 31.2 Å². The summed E-state index contributed by atoms with van der Waals surface area (Å²) < 4.78 is 5.03. The monoisotopic (exact) mass is 431 g/mol. The Labute approximate surface area is 176 Å². The van der Waals surface area contributed by atoms with Crippen molar-refractivity contribution in [2.24, 2.45) is 5.92 Å². The second kappa shape index (κ2) is 8.91. The minimum absolute atomic E-state index is 0.0458. The molecule has 1 aliphatic rings. The molecule has 2 aromatic rings. The first-order valence-electron chi connectivity index (χ1n) is 9.02. The van der Waals surface area contributed by atoms with Gasteiger partial charge in [-0.3, -0.25) is 24.5 Å². The van der Waals surface area contributed by atoms with Crippen molar-refractivity contribution in [1.29, 1.82) is 0 Å². The highest BCUT2D eigenvalue weighted by molar-refractivity contribution is 6.33. The zero-order chi connectivity index (χ0) is 21.8. The van der Waals surface area contributed by atoms with E-state index >= 15 is 0 Å². The molecule has 1 saturated heterocycles. The van der Waals surface area contributed by atoms with Crippen molar-refractivity contribution in [1.82, 2.24) is 0 Å². The summed E-state index contributed by atoms with van der Waals surface area (Å²) in [5, 5.41) is 13.8. The number of ether oxygens (including phenoxy) is 1. The van der Waals surface area contributed by atoms with Gasteiger partial charge in [-0.2, -0.15) is 0 Å². The highest BCUT2D eigenvalue weighted by Gasteiger charge is 2.37. The number of amides is 2. The fourth-order valence-electron chi connectivity index (χ4n) is 3.10. The zero-order valence-corrected chi connectivity index (χ0v) is 16.7. The molecule has 156 valence electrons. The normalized spacial score (nSPS) is 15.7. The van der Waals surface area contributed by atoms with Crippen LogP contribution in [0.25, 0.3) is 0 Å². The van der Waals surface area contributed by atoms with E-state index < -0.39 is 29.3 Å². The summed E-state index contributed by atoms with van der Waals surface area (Å²) in [6, 6.07) is 11.1. The molecule has 0 aliphatic carbocycles. The van der Waals surface area contributed by atoms with Crippen LogP contribution >= 0.6 is 11.6 Å². The molecular formula is C20H18ClN3O6. The van der Waals surface area contributed by atoms with Gasteiger partial charge in [0, 0.05) is 30.3 Å². The maximum atomic E-state index is 12.3. The van der Waals surface area contributed by atoms with Gasteiger partial charge in [0.25, 0.3) is 11.6 Å². The molecule has 2 amide bonds. The maximum absolute atomic E-state index is 12.3. The van der Waals surface area contributed by atoms with Crippen molar-refractivity contribution in [3.8, 4) is 0 Å². The Hall–Kier alpha value is -3.46. The summed E-state index contributed by atoms with van der Waals surface area (Å²) in [6.45, 7) is 1.12. The second-order valence-corrected chi connectivity index (χ2v) is 7.18. The quantitative estimate of drug-likeness (QED) is 0.426. The molecule has 1 atom stereocenters. The summed E-state index contributed by atoms with van der Waals surface area (Å²) in [7, 11) is 0. The van der Waals surface area contributed by atoms with Crippen molar-refractivity contribution in [3.63, 3.8) is 0 Å². The minimum Gasteiger partial charge on any atom is -0.455 e. The molecule has 0 saturated carbocycles. The predicted molar refractivity (Wildman–Crippen MR) is 109 cm³/mol. The van der Waals surface area contributed by atoms with Gasteiger partial charge in [0.05, 0.1) is 21.6 Å². The van der Waals surface area contributed by atoms with Crippen molar-refractivity contribution < 1.29 is 24.0 Å². The van der Waals surface area contributed by atoms with Crippen molar-refractivity contribution in [3.05, 3.63) is 63.2 Å². The second-order valence-electron chi connectivity index (χ2n) is 6.77. The van der Waals surface area contributed by atoms with E-state index in [0.717, 1.165) is 0 Å². The summed E-state index contributed by atoms with van der Waals surface area (Å²) in [5.41, 5.74) is 1.06. The van der Waals surface area contributed by atoms with Crippen LogP contribution in [0.5, 0.6) is 0 Å². The Bertz CT molecular complexity index is 1030. The SMILES string of the molecule is Cc1ccc(NC(=O)COC(=O)[C@H]2CC(=O)N(c3ccccc3Cl)C2)cc1[N+](=O)[O-]. The smallest absolute Gasteiger partial charge is 0.311 e. The molecule has 30 heavy (non-hydrogen) atoms. The molecule has 1 N–H and O–H groups in total. The molecule has 0 spiro atoms. The van der Waals surface area contributed by atoms with Crippen LogP contribution in [0.2, 0.25) is 5.02 Å². The van der Waals surface area contributed by atoms with E-state index in [1.165, 1.54) is 23.1 Å². The predicted octanol–water partition coefficient (Wildman–Crippen LogP) is 3.09. The Morgan fingerprint density at radius 3 is 2.73 bits per heavy atom. The van der Waals surface area contributed by atoms with E-state index in [2.05, 4.69) is 5.32 Å². The van der Waals surface area contributed by atoms with Crippen molar-refractivity contribution >= 4 is 46.4 Å². The molecule has 2 aromatic carbocycles. The number of para-hydroxylation sites is 1. The van der Waals surface area contributed by atoms with Crippen molar-refractivity contribution in [2.45, 2.75) is 13.3 Å². The third kappa shape index (κ3) is 4.74. The lowest BCUT2D eigenvalue weighted by Gasteiger charge is -2.17. The molecule has 0 radical (unpaired) electrons. The summed E-state index contributed by atoms with van der Waals surface area (Å²) in [6.07, 6.45) is -0.0458. The number of halogens is 1. The Morgan fingerprint density at radius 2 is 2.03 bits per heavy atom. The first-order chi connectivity index (χ1) is 14.3. The number of nitro benzene ring substituents is 1. The number of hydrogen-bond donors (Lipinski definition) is 1. The van der Waals surface area contributed by atoms with E-state index in [-0.39, 0.29) is 30.2 Å². The number of rotatable bonds is 6. The van der Waals surface area contributed by atoms with E-state index in [0.29, 0.717) is 16.3 Å². The van der Waals surface area contributed by atoms with Crippen LogP contribution in [0.4, 0.5) is 17.1 Å². The van der Waals surface area contributed by atoms with Gasteiger partial charge in [-0.25, -0.2) is 0 Å². The number of carbonyl (C=O) groups is 3. The van der Waals surface area contributed by atoms with Gasteiger partial charge < -0.3 is 15.0 Å². The highest BCUT2D eigenvalue weighted by atomic mass is 35.5. The van der Waals surface area contributed by atoms with Gasteiger partial charge in [-0.1, -0.05) is 29.8 Å². The first-order valence-corrected chi connectivity index (χ1v) is 9.40. The number of nitro groups is 1. The van der Waals surface area contributed by atoms with Gasteiger partial charge in [0.1, 0.15) is 0 Å². The van der Waals surface area contributed by atoms with E-state index in [4.69, 9.17) is 16.3 Å². The number of hydrogen-bond acceptors (Lipinski definition) is 6. The molecular weight excluding hydrogens is 414 g/mol. The standard InChI is InChI=1S/C20H18ClN3O6/c1-12-6-7-14(9-17(12)24(28)29)22-18(25)11-30-20(27)13-8-19(26)23(10-13)16-5-3-2-4-15(16)21/h2-7,9,13H,8,10-11H2,1H3,(H,22,25)/t13-/m0/s1. The number of carbonyl (C=O) groups excluding carboxylic acids is 3. The van der Waals surface area contributed by atoms with Crippen LogP contribution in [-0.4, -0.2) is 35.9 Å². The topological polar surface area (TPSA) is 119 Å². The highest BCUT2D eigenvalue weighted by Crippen LogP contribution is 2.31. The van der Waals surface area contributed by atoms with Crippen LogP contribution in [0.15, 0.2) is 42.5 Å². The fourth-order valence-corrected chi connectivity index (χ4v) is 3.34. The molecule has 0 unspecified atom stereocenters. The van der Waals surface area contributed by atoms with Gasteiger partial charge >= 0.3 is 5.97 Å². The van der Waals surface area contributed by atoms with Crippen LogP contribution < -0.4 is 10.2 Å². The van der Waals surface area contributed by atoms with Crippen LogP contribution in [0.1, 0.15) is 12.0 Å². The maximum Gasteiger partial charge on any atom is 0.311 e. The minimum atomic E-state index is -0.720. The molecule has 9 nitrogen and oxygen atoms in total. The van der Waals surface area contributed by atoms with Crippen molar-refractivity contribution in [2.75, 3.05) is 23.4 Å². The third-order valence-corrected chi connectivity index (χ3v) is 4.96. The molecule has 1 fully saturated rings. The van der Waals surface area contributed by atoms with Gasteiger partial charge in [0.15, 0.2) is 6.61 Å². The number of nitrogens with zero attached hydrogens (tertiary/aromatic N) is 2. The molecule has 0 aromatic heterocycles. The lowest BCUT2D eigenvalue weighted by Crippen LogP contribution is -2.28. The Morgan fingerprint density at radius 1 is 1.30 bits per heavy atom. The van der Waals surface area contributed by atoms with Gasteiger partial charge in [0.2, 0.25) is 5.91 Å². The van der Waals surface area contributed by atoms with Crippen LogP contribution in [0, 0.1) is 23.0 Å². The average molecular weight is 432 g/mol. The van der Waals surface area contributed by atoms with Crippen LogP contribution in [0.3, 0.4) is 0 Å². The molecule has 1 aliphatic heterocycles. The van der Waals surface area contributed by atoms with Gasteiger partial charge in [-0.05, 0) is 25.1 Å². The van der Waals surface area contributed by atoms with Gasteiger partial charge in [-0.15, -0.1) is 0 Å². The zero-order valence-electron chi connectivity index (χ0n) is 16.0. The van der Waals surface area contributed by atoms with Crippen LogP contribution in [-0.2, 0) is 19.1 Å². The lowest BCUT2D eigenvalue weighted by atomic mass is 10.1. The lowest BCUT2D eigenvalue weighted by molar-refractivity contribution is -0.385. The summed E-state index contributed by atoms with van der Waals surface area (Å²) in [4.78, 5) is 48.4.